The van der Waals surface area contributed by atoms with Crippen molar-refractivity contribution in [3.05, 3.63) is 141 Å². The quantitative estimate of drug-likeness (QED) is 0.0823. The summed E-state index contributed by atoms with van der Waals surface area (Å²) in [4.78, 5) is 75.9. The van der Waals surface area contributed by atoms with E-state index in [9.17, 15) is 24.0 Å². The molecule has 5 aromatic rings. The van der Waals surface area contributed by atoms with Crippen LogP contribution in [0, 0.1) is 18.8 Å². The summed E-state index contributed by atoms with van der Waals surface area (Å²) in [7, 11) is 2.18. The van der Waals surface area contributed by atoms with Crippen molar-refractivity contribution in [2.75, 3.05) is 65.5 Å². The van der Waals surface area contributed by atoms with E-state index in [0.717, 1.165) is 102 Å². The fraction of sp³-hybridized carbons (Fsp3) is 0.418. The Morgan fingerprint density at radius 3 is 2.07 bits per heavy atom. The molecule has 0 bridgehead atoms. The molecule has 13 nitrogen and oxygen atoms in total. The number of hydrogen-bond donors (Lipinski definition) is 0. The minimum absolute atomic E-state index is 0.0204. The Morgan fingerprint density at radius 2 is 1.41 bits per heavy atom. The van der Waals surface area contributed by atoms with Crippen LogP contribution in [0.15, 0.2) is 96.7 Å². The molecule has 1 aromatic heterocycles. The van der Waals surface area contributed by atoms with E-state index in [1.807, 2.05) is 71.5 Å². The average Bonchev–Trinajstić information content (AvgIpc) is 3.79. The molecule has 3 aliphatic heterocycles. The van der Waals surface area contributed by atoms with Crippen LogP contribution in [0.2, 0.25) is 0 Å². The molecule has 3 fully saturated rings. The standard InChI is InChI=1S/C55H61ClN6O7/c1-37-27-40(30-47-34-62(57-52(37)47)36-69-55(67)43-13-9-39(10-14-43)28-38-7-11-42(12-8-38)54(66)68-35-56)29-46(53(65)61-25-23-59(24-26-61)48-17-19-58(2)20-18-48)33-51(64)60-21-15-41(16-22-60)49-31-44-5-3-4-6-45(44)32-50(49)63/h3-14,27,30-31,34,41,46,48H,15-26,28-29,32-33,35-36H2,1-2H3/t46-/m0/s1. The van der Waals surface area contributed by atoms with E-state index in [-0.39, 0.29) is 42.7 Å². The molecule has 0 spiro atoms. The van der Waals surface area contributed by atoms with Gasteiger partial charge in [-0.2, -0.15) is 5.10 Å². The number of ether oxygens (including phenoxy) is 2. The third-order valence-corrected chi connectivity index (χ3v) is 14.7. The lowest BCUT2D eigenvalue weighted by Crippen LogP contribution is -2.55. The van der Waals surface area contributed by atoms with Crippen LogP contribution >= 0.6 is 11.6 Å². The Labute approximate surface area is 409 Å². The fourth-order valence-electron chi connectivity index (χ4n) is 10.7. The number of esters is 2. The van der Waals surface area contributed by atoms with Crippen LogP contribution in [-0.2, 0) is 49.9 Å². The van der Waals surface area contributed by atoms with E-state index in [2.05, 4.69) is 35.1 Å². The zero-order valence-corrected chi connectivity index (χ0v) is 40.4. The summed E-state index contributed by atoms with van der Waals surface area (Å²) < 4.78 is 12.1. The van der Waals surface area contributed by atoms with Gasteiger partial charge >= 0.3 is 11.9 Å². The molecule has 1 aliphatic carbocycles. The predicted molar refractivity (Wildman–Crippen MR) is 265 cm³/mol. The van der Waals surface area contributed by atoms with Gasteiger partial charge in [0.15, 0.2) is 18.6 Å². The molecule has 0 unspecified atom stereocenters. The number of piperazine rings is 1. The number of alkyl halides is 1. The topological polar surface area (TPSA) is 135 Å². The average molecular weight is 954 g/mol. The highest BCUT2D eigenvalue weighted by Crippen LogP contribution is 2.33. The summed E-state index contributed by atoms with van der Waals surface area (Å²) in [6.07, 6.45) is 9.18. The number of Topliss-reactive ketones (excluding diaryl/α,β-unsaturated/α-hetero) is 1. The maximum absolute atomic E-state index is 14.6. The van der Waals surface area contributed by atoms with Crippen LogP contribution in [0.3, 0.4) is 0 Å². The molecule has 0 N–H and O–H groups in total. The number of amides is 2. The molecular weight excluding hydrogens is 892 g/mol. The number of allylic oxidation sites excluding steroid dienone is 1. The van der Waals surface area contributed by atoms with Crippen molar-refractivity contribution < 1.29 is 33.4 Å². The number of halogens is 1. The van der Waals surface area contributed by atoms with Gasteiger partial charge in [-0.25, -0.2) is 14.3 Å². The molecule has 4 aliphatic rings. The Kier molecular flexibility index (Phi) is 15.0. The normalized spacial score (nSPS) is 17.9. The van der Waals surface area contributed by atoms with Crippen LogP contribution in [0.5, 0.6) is 0 Å². The van der Waals surface area contributed by atoms with Gasteiger partial charge in [-0.1, -0.05) is 66.2 Å². The Balaban J connectivity index is 0.842. The molecule has 1 atom stereocenters. The lowest BCUT2D eigenvalue weighted by molar-refractivity contribution is -0.143. The van der Waals surface area contributed by atoms with Gasteiger partial charge in [0, 0.05) is 69.7 Å². The number of fused-ring (bicyclic) bond motifs is 2. The molecule has 4 aromatic carbocycles. The van der Waals surface area contributed by atoms with Crippen molar-refractivity contribution in [1.82, 2.24) is 29.4 Å². The van der Waals surface area contributed by atoms with E-state index in [1.54, 1.807) is 28.9 Å². The minimum atomic E-state index is -0.545. The van der Waals surface area contributed by atoms with E-state index < -0.39 is 17.9 Å². The number of carbonyl (C=O) groups excluding carboxylic acids is 5. The third kappa shape index (κ3) is 11.5. The molecule has 2 amide bonds. The summed E-state index contributed by atoms with van der Waals surface area (Å²) in [6.45, 7) is 8.15. The van der Waals surface area contributed by atoms with Gasteiger partial charge in [-0.05, 0) is 147 Å². The maximum Gasteiger partial charge on any atom is 0.339 e. The van der Waals surface area contributed by atoms with Crippen LogP contribution in [0.1, 0.15) is 86.2 Å². The van der Waals surface area contributed by atoms with Crippen LogP contribution in [-0.4, -0.2) is 130 Å². The van der Waals surface area contributed by atoms with Crippen molar-refractivity contribution in [2.45, 2.75) is 71.1 Å². The number of carbonyl (C=O) groups is 5. The van der Waals surface area contributed by atoms with Crippen molar-refractivity contribution in [3.8, 4) is 0 Å². The zero-order chi connectivity index (χ0) is 48.0. The number of piperidine rings is 2. The Hall–Kier alpha value is -6.15. The summed E-state index contributed by atoms with van der Waals surface area (Å²) in [6, 6.07) is 26.8. The van der Waals surface area contributed by atoms with Gasteiger partial charge in [0.25, 0.3) is 0 Å². The van der Waals surface area contributed by atoms with Crippen LogP contribution in [0.4, 0.5) is 0 Å². The van der Waals surface area contributed by atoms with E-state index in [0.29, 0.717) is 62.6 Å². The first-order chi connectivity index (χ1) is 33.5. The van der Waals surface area contributed by atoms with Gasteiger partial charge in [0.05, 0.1) is 22.6 Å². The first-order valence-electron chi connectivity index (χ1n) is 24.3. The van der Waals surface area contributed by atoms with Crippen molar-refractivity contribution in [2.24, 2.45) is 11.8 Å². The number of ketones is 1. The van der Waals surface area contributed by atoms with Crippen molar-refractivity contribution in [1.29, 1.82) is 0 Å². The number of aryl methyl sites for hydroxylation is 1. The highest BCUT2D eigenvalue weighted by molar-refractivity contribution is 6.17. The van der Waals surface area contributed by atoms with Crippen LogP contribution < -0.4 is 0 Å². The largest absolute Gasteiger partial charge is 0.446 e. The summed E-state index contributed by atoms with van der Waals surface area (Å²) in [5.74, 6) is -1.22. The zero-order valence-electron chi connectivity index (χ0n) is 39.6. The molecule has 69 heavy (non-hydrogen) atoms. The predicted octanol–water partition coefficient (Wildman–Crippen LogP) is 7.34. The molecule has 360 valence electrons. The molecule has 3 saturated heterocycles. The maximum atomic E-state index is 14.6. The second kappa shape index (κ2) is 21.6. The lowest BCUT2D eigenvalue weighted by atomic mass is 9.80. The first-order valence-corrected chi connectivity index (χ1v) is 24.9. The second-order valence-corrected chi connectivity index (χ2v) is 19.5. The highest BCUT2D eigenvalue weighted by Gasteiger charge is 2.35. The summed E-state index contributed by atoms with van der Waals surface area (Å²) in [5.41, 5.74) is 8.50. The number of benzene rings is 4. The molecule has 14 heteroatoms. The Bertz CT molecular complexity index is 2710. The van der Waals surface area contributed by atoms with Gasteiger partial charge in [0.1, 0.15) is 0 Å². The van der Waals surface area contributed by atoms with Gasteiger partial charge in [0.2, 0.25) is 11.8 Å². The van der Waals surface area contributed by atoms with E-state index in [4.69, 9.17) is 26.2 Å². The SMILES string of the molecule is Cc1cc(C[C@@H](CC(=O)N2CCC(C3=Cc4ccccc4CC3=O)CC2)C(=O)N2CCN(C3CCN(C)CC3)CC2)cc2cn(COC(=O)c3ccc(Cc4ccc(C(=O)OCCl)cc4)cc3)nc12. The molecule has 0 saturated carbocycles. The second-order valence-electron chi connectivity index (χ2n) is 19.2. The Morgan fingerprint density at radius 1 is 0.754 bits per heavy atom. The molecular formula is C55H61ClN6O7. The van der Waals surface area contributed by atoms with E-state index >= 15 is 0 Å². The van der Waals surface area contributed by atoms with Crippen molar-refractivity contribution >= 4 is 58.1 Å². The smallest absolute Gasteiger partial charge is 0.339 e. The molecule has 0 radical (unpaired) electrons. The summed E-state index contributed by atoms with van der Waals surface area (Å²) >= 11 is 5.51. The van der Waals surface area contributed by atoms with Gasteiger partial charge in [-0.3, -0.25) is 19.3 Å². The molecule has 9 rings (SSSR count). The number of hydrogen-bond acceptors (Lipinski definition) is 10. The number of nitrogens with zero attached hydrogens (tertiary/aromatic N) is 6. The lowest BCUT2D eigenvalue weighted by Gasteiger charge is -2.43. The third-order valence-electron chi connectivity index (χ3n) is 14.6. The fourth-order valence-corrected chi connectivity index (χ4v) is 10.8. The number of likely N-dealkylation sites (tertiary alicyclic amines) is 2. The van der Waals surface area contributed by atoms with Gasteiger partial charge < -0.3 is 24.2 Å². The van der Waals surface area contributed by atoms with Crippen molar-refractivity contribution in [3.63, 3.8) is 0 Å². The van der Waals surface area contributed by atoms with E-state index in [1.165, 1.54) is 0 Å². The highest BCUT2D eigenvalue weighted by atomic mass is 35.5. The number of aromatic nitrogens is 2. The summed E-state index contributed by atoms with van der Waals surface area (Å²) in [5, 5.41) is 5.60. The number of rotatable bonds is 14. The van der Waals surface area contributed by atoms with Crippen LogP contribution in [0.25, 0.3) is 17.0 Å². The monoisotopic (exact) mass is 952 g/mol. The minimum Gasteiger partial charge on any atom is -0.446 e. The first kappa shape index (κ1) is 47.9. The van der Waals surface area contributed by atoms with Gasteiger partial charge in [-0.15, -0.1) is 0 Å². The molecule has 4 heterocycles.